The van der Waals surface area contributed by atoms with Crippen LogP contribution in [-0.4, -0.2) is 37.6 Å². The van der Waals surface area contributed by atoms with E-state index in [0.717, 1.165) is 33.3 Å². The van der Waals surface area contributed by atoms with Crippen LogP contribution in [0.25, 0.3) is 22.3 Å². The summed E-state index contributed by atoms with van der Waals surface area (Å²) in [6.45, 7) is 1.23. The van der Waals surface area contributed by atoms with Crippen LogP contribution in [0.1, 0.15) is 27.2 Å². The largest absolute Gasteiger partial charge is 0.488 e. The average molecular weight is 443 g/mol. The van der Waals surface area contributed by atoms with Crippen molar-refractivity contribution in [1.29, 1.82) is 0 Å². The zero-order valence-electron chi connectivity index (χ0n) is 17.9. The van der Waals surface area contributed by atoms with Gasteiger partial charge in [-0.3, -0.25) is 4.79 Å². The predicted octanol–water partition coefficient (Wildman–Crippen LogP) is 1.06. The van der Waals surface area contributed by atoms with Gasteiger partial charge in [-0.1, -0.05) is 36.4 Å². The molecule has 0 atom stereocenters. The molecule has 0 aliphatic carbocycles. The number of primary amides is 1. The molecule has 2 aromatic heterocycles. The molecule has 0 saturated carbocycles. The first-order valence-corrected chi connectivity index (χ1v) is 10.5. The van der Waals surface area contributed by atoms with Gasteiger partial charge in [0.2, 0.25) is 5.91 Å². The molecule has 33 heavy (non-hydrogen) atoms. The molecule has 10 heteroatoms. The highest BCUT2D eigenvalue weighted by Gasteiger charge is 2.23. The molecule has 0 bridgehead atoms. The van der Waals surface area contributed by atoms with Gasteiger partial charge in [-0.05, 0) is 17.1 Å². The lowest BCUT2D eigenvalue weighted by molar-refractivity contribution is 0.100. The second-order valence-corrected chi connectivity index (χ2v) is 8.01. The fourth-order valence-electron chi connectivity index (χ4n) is 4.20. The summed E-state index contributed by atoms with van der Waals surface area (Å²) in [5.74, 6) is 0.682. The summed E-state index contributed by atoms with van der Waals surface area (Å²) in [7, 11) is 0.357. The fraction of sp³-hybridized carbons (Fsp3) is 0.174. The van der Waals surface area contributed by atoms with Crippen LogP contribution in [-0.2, 0) is 31.5 Å². The van der Waals surface area contributed by atoms with E-state index in [2.05, 4.69) is 5.32 Å². The Morgan fingerprint density at radius 2 is 2.00 bits per heavy atom. The molecule has 5 rings (SSSR count). The van der Waals surface area contributed by atoms with Crippen LogP contribution >= 0.6 is 0 Å². The molecule has 166 valence electrons. The van der Waals surface area contributed by atoms with Crippen molar-refractivity contribution in [1.82, 2.24) is 14.5 Å². The third kappa shape index (κ3) is 3.84. The van der Waals surface area contributed by atoms with E-state index < -0.39 is 13.0 Å². The topological polar surface area (TPSA) is 136 Å². The number of nitrogens with two attached hydrogens (primary N) is 1. The van der Waals surface area contributed by atoms with Crippen molar-refractivity contribution >= 4 is 35.1 Å². The van der Waals surface area contributed by atoms with Gasteiger partial charge in [0.15, 0.2) is 5.82 Å². The quantitative estimate of drug-likeness (QED) is 0.327. The van der Waals surface area contributed by atoms with Gasteiger partial charge < -0.3 is 30.4 Å². The highest BCUT2D eigenvalue weighted by Crippen LogP contribution is 2.33. The summed E-state index contributed by atoms with van der Waals surface area (Å²) in [5, 5.41) is 23.8. The highest BCUT2D eigenvalue weighted by molar-refractivity contribution is 6.58. The van der Waals surface area contributed by atoms with E-state index in [-0.39, 0.29) is 0 Å². The lowest BCUT2D eigenvalue weighted by atomic mass is 9.79. The Kier molecular flexibility index (Phi) is 5.33. The number of benzene rings is 2. The maximum absolute atomic E-state index is 11.9. The first kappa shape index (κ1) is 21.1. The molecule has 0 fully saturated rings. The van der Waals surface area contributed by atoms with Gasteiger partial charge in [0.25, 0.3) is 0 Å². The molecule has 9 nitrogen and oxygen atoms in total. The molecular weight excluding hydrogens is 421 g/mol. The molecule has 0 spiro atoms. The smallest absolute Gasteiger partial charge is 0.423 e. The minimum absolute atomic E-state index is 0.389. The maximum atomic E-state index is 11.9. The maximum Gasteiger partial charge on any atom is 0.488 e. The van der Waals surface area contributed by atoms with Crippen LogP contribution in [0.3, 0.4) is 0 Å². The van der Waals surface area contributed by atoms with Crippen LogP contribution in [0.5, 0.6) is 0 Å². The van der Waals surface area contributed by atoms with Crippen LogP contribution in [0.15, 0.2) is 48.7 Å². The Morgan fingerprint density at radius 3 is 2.79 bits per heavy atom. The molecule has 1 aliphatic rings. The Balaban J connectivity index is 1.56. The predicted molar refractivity (Wildman–Crippen MR) is 125 cm³/mol. The number of aromatic nitrogens is 3. The van der Waals surface area contributed by atoms with E-state index in [9.17, 15) is 14.8 Å². The molecule has 1 amide bonds. The molecule has 0 saturated heterocycles. The summed E-state index contributed by atoms with van der Waals surface area (Å²) in [6, 6.07) is 12.5. The first-order valence-electron chi connectivity index (χ1n) is 10.5. The third-order valence-corrected chi connectivity index (χ3v) is 5.80. The Morgan fingerprint density at radius 1 is 1.18 bits per heavy atom. The summed E-state index contributed by atoms with van der Waals surface area (Å²) in [4.78, 5) is 21.5. The first-order chi connectivity index (χ1) is 15.9. The molecule has 4 aromatic rings. The van der Waals surface area contributed by atoms with Crippen molar-refractivity contribution in [3.63, 3.8) is 0 Å². The molecule has 1 aliphatic heterocycles. The summed E-state index contributed by atoms with van der Waals surface area (Å²) >= 11 is 0. The molecular formula is C23H22BN5O4. The van der Waals surface area contributed by atoms with Crippen molar-refractivity contribution in [3.05, 3.63) is 71.0 Å². The van der Waals surface area contributed by atoms with E-state index >= 15 is 0 Å². The van der Waals surface area contributed by atoms with Gasteiger partial charge in [0.1, 0.15) is 5.82 Å². The van der Waals surface area contributed by atoms with E-state index in [4.69, 9.17) is 20.4 Å². The zero-order chi connectivity index (χ0) is 23.1. The Labute approximate surface area is 190 Å². The number of aryl methyl sites for hydroxylation is 1. The average Bonchev–Trinajstić information content (AvgIpc) is 3.40. The number of carbonyl (C=O) groups excluding carboxylic acids is 1. The van der Waals surface area contributed by atoms with E-state index in [1.165, 1.54) is 0 Å². The van der Waals surface area contributed by atoms with E-state index in [1.54, 1.807) is 30.3 Å². The lowest BCUT2D eigenvalue weighted by Gasteiger charge is -2.13. The van der Waals surface area contributed by atoms with Gasteiger partial charge in [0.05, 0.1) is 24.6 Å². The molecule has 3 heterocycles. The number of nitrogens with one attached hydrogen (secondary N) is 1. The number of rotatable bonds is 6. The number of hydrogen-bond donors (Lipinski definition) is 4. The van der Waals surface area contributed by atoms with Gasteiger partial charge in [-0.25, -0.2) is 9.97 Å². The molecule has 5 N–H and O–H groups in total. The minimum Gasteiger partial charge on any atom is -0.423 e. The number of nitrogens with zero attached hydrogens (tertiary/aromatic N) is 3. The fourth-order valence-corrected chi connectivity index (χ4v) is 4.20. The van der Waals surface area contributed by atoms with Crippen molar-refractivity contribution in [2.75, 3.05) is 5.32 Å². The third-order valence-electron chi connectivity index (χ3n) is 5.80. The SMILES string of the molecule is Cn1cc2c(C(N)=O)cccc2c1-c1nc2c(c(NCc3cccc(B(O)O)c3)n1)COC2. The van der Waals surface area contributed by atoms with Crippen molar-refractivity contribution in [2.24, 2.45) is 12.8 Å². The second kappa shape index (κ2) is 8.32. The van der Waals surface area contributed by atoms with Gasteiger partial charge >= 0.3 is 7.12 Å². The summed E-state index contributed by atoms with van der Waals surface area (Å²) in [6.07, 6.45) is 1.86. The number of amides is 1. The van der Waals surface area contributed by atoms with Crippen molar-refractivity contribution in [2.45, 2.75) is 19.8 Å². The van der Waals surface area contributed by atoms with Crippen LogP contribution in [0.2, 0.25) is 0 Å². The number of fused-ring (bicyclic) bond motifs is 2. The van der Waals surface area contributed by atoms with Gasteiger partial charge in [-0.15, -0.1) is 0 Å². The second-order valence-electron chi connectivity index (χ2n) is 8.01. The number of carbonyl (C=O) groups is 1. The monoisotopic (exact) mass is 443 g/mol. The normalized spacial score (nSPS) is 12.7. The van der Waals surface area contributed by atoms with Crippen LogP contribution in [0, 0.1) is 0 Å². The van der Waals surface area contributed by atoms with Crippen molar-refractivity contribution in [3.8, 4) is 11.5 Å². The molecule has 2 aromatic carbocycles. The van der Waals surface area contributed by atoms with Gasteiger partial charge in [-0.2, -0.15) is 0 Å². The standard InChI is InChI=1S/C23H22BN5O4/c1-29-10-17-15(6-3-7-16(17)21(25)30)20(29)23-27-19-12-33-11-18(19)22(28-23)26-9-13-4-2-5-14(8-13)24(31)32/h2-8,10,31-32H,9,11-12H2,1H3,(H2,25,30)(H,26,27,28). The molecule has 0 unspecified atom stereocenters. The Hall–Kier alpha value is -3.73. The van der Waals surface area contributed by atoms with E-state index in [0.29, 0.717) is 42.4 Å². The Bertz CT molecular complexity index is 1390. The minimum atomic E-state index is -1.52. The number of anilines is 1. The lowest BCUT2D eigenvalue weighted by Crippen LogP contribution is -2.30. The van der Waals surface area contributed by atoms with Crippen LogP contribution in [0.4, 0.5) is 5.82 Å². The van der Waals surface area contributed by atoms with Gasteiger partial charge in [0, 0.05) is 41.7 Å². The van der Waals surface area contributed by atoms with Crippen LogP contribution < -0.4 is 16.5 Å². The highest BCUT2D eigenvalue weighted by atomic mass is 16.5. The van der Waals surface area contributed by atoms with E-state index in [1.807, 2.05) is 29.9 Å². The summed E-state index contributed by atoms with van der Waals surface area (Å²) in [5.41, 5.74) is 9.79. The van der Waals surface area contributed by atoms with Crippen molar-refractivity contribution < 1.29 is 19.6 Å². The summed E-state index contributed by atoms with van der Waals surface area (Å²) < 4.78 is 7.52. The zero-order valence-corrected chi connectivity index (χ0v) is 17.9. The number of ether oxygens (including phenoxy) is 1. The molecule has 0 radical (unpaired) electrons. The number of hydrogen-bond acceptors (Lipinski definition) is 7.